The molecule has 0 unspecified atom stereocenters. The summed E-state index contributed by atoms with van der Waals surface area (Å²) >= 11 is 1.15. The maximum atomic E-state index is 14.3. The molecule has 66 heavy (non-hydrogen) atoms. The van der Waals surface area contributed by atoms with Crippen LogP contribution in [0, 0.1) is 11.8 Å². The zero-order chi connectivity index (χ0) is 47.5. The highest BCUT2D eigenvalue weighted by atomic mass is 32.1. The van der Waals surface area contributed by atoms with Gasteiger partial charge in [0.25, 0.3) is 0 Å². The quantitative estimate of drug-likeness (QED) is 0.108. The maximum absolute atomic E-state index is 14.3. The highest BCUT2D eigenvalue weighted by molar-refractivity contribution is 7.10. The number of Topliss-reactive ketones (excluding diaryl/α,β-unsaturated/α-hetero) is 2. The summed E-state index contributed by atoms with van der Waals surface area (Å²) in [5.41, 5.74) is 2.20. The van der Waals surface area contributed by atoms with E-state index in [0.29, 0.717) is 23.7 Å². The molecule has 4 heterocycles. The van der Waals surface area contributed by atoms with Gasteiger partial charge in [0.05, 0.1) is 36.8 Å². The van der Waals surface area contributed by atoms with Gasteiger partial charge >= 0.3 is 11.9 Å². The van der Waals surface area contributed by atoms with Crippen molar-refractivity contribution >= 4 is 81.0 Å². The van der Waals surface area contributed by atoms with Crippen LogP contribution in [0.25, 0.3) is 10.9 Å². The summed E-state index contributed by atoms with van der Waals surface area (Å²) in [6.07, 6.45) is -3.88. The van der Waals surface area contributed by atoms with Crippen LogP contribution in [-0.2, 0) is 49.6 Å². The molecule has 7 N–H and O–H groups in total. The summed E-state index contributed by atoms with van der Waals surface area (Å²) in [6, 6.07) is 15.7. The average molecular weight is 926 g/mol. The second-order valence-corrected chi connectivity index (χ2v) is 18.1. The number of hydrogen-bond donors (Lipinski definition) is 7. The number of ketones is 2. The molecule has 19 heteroatoms. The van der Waals surface area contributed by atoms with Crippen molar-refractivity contribution in [1.82, 2.24) is 31.2 Å². The number of aromatic nitrogens is 1. The summed E-state index contributed by atoms with van der Waals surface area (Å²) in [4.78, 5) is 131. The van der Waals surface area contributed by atoms with Gasteiger partial charge in [-0.25, -0.2) is 0 Å². The van der Waals surface area contributed by atoms with Gasteiger partial charge in [0, 0.05) is 73.6 Å². The van der Waals surface area contributed by atoms with Crippen molar-refractivity contribution in [2.45, 2.75) is 88.9 Å². The summed E-state index contributed by atoms with van der Waals surface area (Å²) < 4.78 is 0. The third-order valence-electron chi connectivity index (χ3n) is 11.8. The Balaban J connectivity index is 1.36. The lowest BCUT2D eigenvalue weighted by atomic mass is 9.90. The molecule has 2 aromatic heterocycles. The molecule has 2 fully saturated rings. The summed E-state index contributed by atoms with van der Waals surface area (Å²) in [5, 5.41) is 32.7. The van der Waals surface area contributed by atoms with Crippen LogP contribution in [0.1, 0.15) is 68.9 Å². The molecule has 2 aliphatic heterocycles. The van der Waals surface area contributed by atoms with Crippen LogP contribution in [-0.4, -0.2) is 123 Å². The number of amides is 5. The molecule has 0 aliphatic carbocycles. The maximum Gasteiger partial charge on any atom is 0.305 e. The van der Waals surface area contributed by atoms with E-state index in [2.05, 4.69) is 31.2 Å². The Morgan fingerprint density at radius 3 is 1.88 bits per heavy atom. The van der Waals surface area contributed by atoms with Crippen LogP contribution in [0.2, 0.25) is 0 Å². The van der Waals surface area contributed by atoms with E-state index in [0.717, 1.165) is 27.9 Å². The first-order valence-corrected chi connectivity index (χ1v) is 22.8. The Bertz CT molecular complexity index is 2380. The van der Waals surface area contributed by atoms with Gasteiger partial charge in [-0.3, -0.25) is 43.2 Å². The number of carboxylic acid groups (broad SMARTS) is 2. The van der Waals surface area contributed by atoms with E-state index < -0.39 is 121 Å². The number of piperazine rings is 1. The predicted molar refractivity (Wildman–Crippen MR) is 243 cm³/mol. The molecule has 4 aromatic rings. The van der Waals surface area contributed by atoms with Crippen LogP contribution in [0.15, 0.2) is 78.2 Å². The van der Waals surface area contributed by atoms with E-state index in [4.69, 9.17) is 0 Å². The van der Waals surface area contributed by atoms with Crippen molar-refractivity contribution in [1.29, 1.82) is 0 Å². The Morgan fingerprint density at radius 1 is 0.667 bits per heavy atom. The van der Waals surface area contributed by atoms with Gasteiger partial charge in [-0.1, -0.05) is 56.3 Å². The van der Waals surface area contributed by atoms with E-state index in [9.17, 15) is 53.4 Å². The third-order valence-corrected chi connectivity index (χ3v) is 12.7. The molecule has 0 saturated carbocycles. The van der Waals surface area contributed by atoms with Crippen LogP contribution in [0.5, 0.6) is 0 Å². The van der Waals surface area contributed by atoms with Crippen molar-refractivity contribution in [2.75, 3.05) is 31.1 Å². The molecule has 0 bridgehead atoms. The summed E-state index contributed by atoms with van der Waals surface area (Å²) in [7, 11) is 0. The number of aromatic amines is 1. The number of anilines is 1. The van der Waals surface area contributed by atoms with Gasteiger partial charge < -0.3 is 46.3 Å². The second-order valence-electron chi connectivity index (χ2n) is 17.2. The van der Waals surface area contributed by atoms with Crippen molar-refractivity contribution in [3.05, 3.63) is 88.7 Å². The molecule has 0 spiro atoms. The lowest BCUT2D eigenvalue weighted by molar-refractivity contribution is -0.143. The monoisotopic (exact) mass is 925 g/mol. The molecule has 2 saturated heterocycles. The Morgan fingerprint density at radius 2 is 1.26 bits per heavy atom. The van der Waals surface area contributed by atoms with E-state index in [-0.39, 0.29) is 31.8 Å². The van der Waals surface area contributed by atoms with Crippen LogP contribution in [0.3, 0.4) is 0 Å². The lowest BCUT2D eigenvalue weighted by Gasteiger charge is -2.36. The lowest BCUT2D eigenvalue weighted by Crippen LogP contribution is -2.57. The number of rotatable bonds is 12. The number of carbonyl (C=O) groups excluding carboxylic acids is 7. The molecule has 18 nitrogen and oxygen atoms in total. The molecule has 6 atom stereocenters. The highest BCUT2D eigenvalue weighted by Crippen LogP contribution is 2.28. The standard InChI is InChI=1S/C47H55N7O11S/c1-27(2)19-36-46(64)52-37(23-30-20-28-9-6-7-12-33(28)48-30)47(65)50-34(25-42(58)59)38(55)21-29(22-41(57)54-16-14-53(15-17-54)31-10-4-3-5-11-31)44(62)49-35(26-43(60)61)39(56)24-32(45(63)51-36)40-13-8-18-66-40/h3-13,18,20,27,29,32,34-37,48H,14-17,19,21-26H2,1-2H3,(H,49,62)(H,50,65)(H,51,63)(H,52,64)(H,58,59)(H,60,61)/t29-,32+,34+,35-,36-,37+/m0/s1. The van der Waals surface area contributed by atoms with Crippen molar-refractivity contribution in [2.24, 2.45) is 11.8 Å². The van der Waals surface area contributed by atoms with E-state index in [1.54, 1.807) is 23.6 Å². The van der Waals surface area contributed by atoms with E-state index >= 15 is 0 Å². The molecule has 2 aliphatic rings. The fraction of sp³-hybridized carbons (Fsp3) is 0.426. The van der Waals surface area contributed by atoms with Gasteiger partial charge in [0.2, 0.25) is 29.5 Å². The molecule has 5 amide bonds. The van der Waals surface area contributed by atoms with Crippen LogP contribution < -0.4 is 26.2 Å². The Hall–Kier alpha value is -6.89. The number of H-pyrrole nitrogens is 1. The summed E-state index contributed by atoms with van der Waals surface area (Å²) in [5.74, 6) is -11.7. The Labute approximate surface area is 384 Å². The first-order chi connectivity index (χ1) is 31.5. The van der Waals surface area contributed by atoms with E-state index in [1.165, 1.54) is 4.90 Å². The van der Waals surface area contributed by atoms with Gasteiger partial charge in [0.15, 0.2) is 11.6 Å². The topological polar surface area (TPSA) is 264 Å². The zero-order valence-corrected chi connectivity index (χ0v) is 37.5. The smallest absolute Gasteiger partial charge is 0.305 e. The number of hydrogen-bond acceptors (Lipinski definition) is 11. The number of carboxylic acids is 2. The van der Waals surface area contributed by atoms with Crippen molar-refractivity contribution in [3.8, 4) is 0 Å². The fourth-order valence-corrected chi connectivity index (χ4v) is 9.14. The normalized spacial score (nSPS) is 23.1. The van der Waals surface area contributed by atoms with Crippen molar-refractivity contribution in [3.63, 3.8) is 0 Å². The number of benzene rings is 2. The number of fused-ring (bicyclic) bond motifs is 1. The van der Waals surface area contributed by atoms with Gasteiger partial charge in [0.1, 0.15) is 12.1 Å². The molecule has 2 aromatic carbocycles. The first-order valence-electron chi connectivity index (χ1n) is 21.9. The van der Waals surface area contributed by atoms with Crippen LogP contribution >= 0.6 is 11.3 Å². The number of aliphatic carboxylic acids is 2. The molecule has 0 radical (unpaired) electrons. The minimum Gasteiger partial charge on any atom is -0.481 e. The minimum atomic E-state index is -1.76. The molecular formula is C47H55N7O11S. The summed E-state index contributed by atoms with van der Waals surface area (Å²) in [6.45, 7) is 5.08. The van der Waals surface area contributed by atoms with Gasteiger partial charge in [-0.2, -0.15) is 0 Å². The predicted octanol–water partition coefficient (Wildman–Crippen LogP) is 2.78. The molecule has 6 rings (SSSR count). The Kier molecular flexibility index (Phi) is 16.4. The van der Waals surface area contributed by atoms with Crippen molar-refractivity contribution < 1.29 is 53.4 Å². The molecule has 350 valence electrons. The average Bonchev–Trinajstić information content (AvgIpc) is 3.97. The largest absolute Gasteiger partial charge is 0.481 e. The van der Waals surface area contributed by atoms with Gasteiger partial charge in [-0.15, -0.1) is 11.3 Å². The third kappa shape index (κ3) is 13.1. The van der Waals surface area contributed by atoms with Crippen LogP contribution in [0.4, 0.5) is 5.69 Å². The highest BCUT2D eigenvalue weighted by Gasteiger charge is 2.38. The number of nitrogens with one attached hydrogen (secondary N) is 5. The number of thiophene rings is 1. The second kappa shape index (κ2) is 22.3. The van der Waals surface area contributed by atoms with Gasteiger partial charge in [-0.05, 0) is 53.4 Å². The number of para-hydroxylation sites is 2. The molecular weight excluding hydrogens is 871 g/mol. The number of carbonyl (C=O) groups is 9. The SMILES string of the molecule is CC(C)C[C@@H]1NC(=O)[C@@H](c2cccs2)CC(=O)[C@H](CC(=O)O)NC(=O)[C@H](CC(=O)N2CCN(c3ccccc3)CC2)CC(=O)[C@@H](CC(=O)O)NC(=O)[C@@H](Cc2cc3ccccc3[nH]2)NC1=O. The fourth-order valence-electron chi connectivity index (χ4n) is 8.31. The zero-order valence-electron chi connectivity index (χ0n) is 36.7. The van der Waals surface area contributed by atoms with E-state index in [1.807, 2.05) is 68.4 Å². The number of nitrogens with zero attached hydrogens (tertiary/aromatic N) is 2. The first kappa shape index (κ1) is 48.6. The minimum absolute atomic E-state index is 0.0873.